The minimum Gasteiger partial charge on any atom is -0.394 e. The number of nitrogens with zero attached hydrogens (tertiary/aromatic N) is 5. The van der Waals surface area contributed by atoms with Gasteiger partial charge in [0.25, 0.3) is 11.8 Å². The van der Waals surface area contributed by atoms with Crippen LogP contribution in [0.3, 0.4) is 0 Å². The van der Waals surface area contributed by atoms with E-state index >= 15 is 0 Å². The van der Waals surface area contributed by atoms with Crippen molar-refractivity contribution < 1.29 is 51.4 Å². The summed E-state index contributed by atoms with van der Waals surface area (Å²) in [4.78, 5) is 42.0. The Morgan fingerprint density at radius 1 is 0.804 bits per heavy atom. The smallest absolute Gasteiger partial charge is 0.356 e. The van der Waals surface area contributed by atoms with Crippen LogP contribution in [0.1, 0.15) is 80.8 Å². The topological polar surface area (TPSA) is 320 Å². The molecule has 21 nitrogen and oxygen atoms in total. The van der Waals surface area contributed by atoms with Gasteiger partial charge in [-0.15, -0.1) is 0 Å². The van der Waals surface area contributed by atoms with Gasteiger partial charge in [-0.25, -0.2) is 19.9 Å². The molecule has 0 radical (unpaired) electrons. The Morgan fingerprint density at radius 2 is 1.29 bits per heavy atom. The first-order valence-electron chi connectivity index (χ1n) is 17.6. The molecule has 314 valence electrons. The highest BCUT2D eigenvalue weighted by Gasteiger charge is 2.28. The fourth-order valence-electron chi connectivity index (χ4n) is 4.89. The Hall–Kier alpha value is -4.04. The average Bonchev–Trinajstić information content (AvgIpc) is 3.69. The standard InChI is InChI=1S/C16H26N5O6P.C9H21O4P.C8H9N5O/c1-4-26-28(24,27-5-2)9-25-11(8-22)6-21-7-12(15(18)23)13-14(17)19-10(3)20-16(13)21;1-6-12-14(10,13-7-2)8-11-9(3,4)5;1-3-12-6(9)5-4(7(10)14)2-11-8(5)13-3/h7,11,22H,4-6,8-9H2,1-3H3,(H2,18,23)(H2,17,19,20);6-8H2,1-5H3;2H,1H3,(H2,10,14)(H3,9,11,12,13)/t11-;;/m0../s1. The number of ether oxygens (including phenoxy) is 2. The fourth-order valence-corrected chi connectivity index (χ4v) is 7.85. The summed E-state index contributed by atoms with van der Waals surface area (Å²) in [5.41, 5.74) is 23.3. The van der Waals surface area contributed by atoms with Crippen molar-refractivity contribution in [3.8, 4) is 0 Å². The van der Waals surface area contributed by atoms with Crippen molar-refractivity contribution in [1.29, 1.82) is 0 Å². The van der Waals surface area contributed by atoms with Gasteiger partial charge < -0.3 is 65.2 Å². The first kappa shape index (κ1) is 48.1. The van der Waals surface area contributed by atoms with Crippen molar-refractivity contribution in [2.24, 2.45) is 11.5 Å². The summed E-state index contributed by atoms with van der Waals surface area (Å²) in [6.07, 6.45) is 1.89. The number of aliphatic hydroxyl groups is 1. The number of carbonyl (C=O) groups excluding carboxylic acids is 2. The van der Waals surface area contributed by atoms with Crippen molar-refractivity contribution in [1.82, 2.24) is 29.5 Å². The highest BCUT2D eigenvalue weighted by atomic mass is 31.2. The maximum Gasteiger partial charge on any atom is 0.356 e. The molecule has 0 fully saturated rings. The Balaban J connectivity index is 0.000000323. The molecule has 0 aliphatic rings. The number of aliphatic hydroxyl groups excluding tert-OH is 1. The molecule has 4 rings (SSSR count). The molecule has 0 bridgehead atoms. The quantitative estimate of drug-likeness (QED) is 0.0772. The predicted molar refractivity (Wildman–Crippen MR) is 211 cm³/mol. The van der Waals surface area contributed by atoms with Crippen molar-refractivity contribution in [2.45, 2.75) is 80.6 Å². The number of aryl methyl sites for hydroxylation is 2. The number of anilines is 2. The second-order valence-electron chi connectivity index (χ2n) is 12.7. The first-order chi connectivity index (χ1) is 26.2. The minimum atomic E-state index is -3.43. The average molecular weight is 831 g/mol. The first-order valence-corrected chi connectivity index (χ1v) is 21.1. The van der Waals surface area contributed by atoms with Crippen LogP contribution in [0.5, 0.6) is 0 Å². The lowest BCUT2D eigenvalue weighted by Gasteiger charge is -2.23. The fraction of sp³-hybridized carbons (Fsp3) is 0.576. The SMILES string of the molecule is CCOP(=O)(COC(C)(C)C)OCC.CCOP(=O)(CO[C@H](CO)Cn1cc(C(N)=O)c2c(N)nc(C)nc21)OCC.Cc1nc(N)c2c(C(N)=O)c[nH]c2n1. The molecule has 23 heteroatoms. The second kappa shape index (κ2) is 21.5. The van der Waals surface area contributed by atoms with Gasteiger partial charge in [0.1, 0.15) is 47.3 Å². The van der Waals surface area contributed by atoms with Crippen LogP contribution < -0.4 is 22.9 Å². The normalized spacial score (nSPS) is 12.5. The van der Waals surface area contributed by atoms with Crippen molar-refractivity contribution in [3.63, 3.8) is 0 Å². The summed E-state index contributed by atoms with van der Waals surface area (Å²) in [7, 11) is -6.47. The van der Waals surface area contributed by atoms with E-state index in [1.54, 1.807) is 46.1 Å². The number of nitrogens with one attached hydrogen (secondary N) is 1. The van der Waals surface area contributed by atoms with Gasteiger partial charge in [-0.05, 0) is 62.3 Å². The largest absolute Gasteiger partial charge is 0.394 e. The molecule has 0 aromatic carbocycles. The van der Waals surface area contributed by atoms with Gasteiger partial charge in [-0.2, -0.15) is 0 Å². The van der Waals surface area contributed by atoms with Gasteiger partial charge in [0.15, 0.2) is 0 Å². The van der Waals surface area contributed by atoms with E-state index in [-0.39, 0.29) is 61.9 Å². The van der Waals surface area contributed by atoms with E-state index in [9.17, 15) is 23.8 Å². The third-order valence-electron chi connectivity index (χ3n) is 7.09. The lowest BCUT2D eigenvalue weighted by Crippen LogP contribution is -2.25. The van der Waals surface area contributed by atoms with E-state index < -0.39 is 33.1 Å². The van der Waals surface area contributed by atoms with Crippen LogP contribution in [0.25, 0.3) is 22.1 Å². The Kier molecular flexibility index (Phi) is 18.4. The maximum absolute atomic E-state index is 12.5. The summed E-state index contributed by atoms with van der Waals surface area (Å²) in [6.45, 7) is 16.9. The van der Waals surface area contributed by atoms with Gasteiger partial charge in [0, 0.05) is 12.4 Å². The summed E-state index contributed by atoms with van der Waals surface area (Å²) >= 11 is 0. The van der Waals surface area contributed by atoms with Gasteiger partial charge in [0.05, 0.1) is 73.2 Å². The number of hydrogen-bond acceptors (Lipinski definition) is 17. The number of hydrogen-bond donors (Lipinski definition) is 6. The molecule has 2 amide bonds. The number of H-pyrrole nitrogens is 1. The molecular formula is C33H56N10O11P2. The summed E-state index contributed by atoms with van der Waals surface area (Å²) < 4.78 is 57.5. The van der Waals surface area contributed by atoms with E-state index in [1.807, 2.05) is 20.8 Å². The monoisotopic (exact) mass is 830 g/mol. The van der Waals surface area contributed by atoms with Crippen LogP contribution in [0.15, 0.2) is 12.4 Å². The third-order valence-corrected chi connectivity index (χ3v) is 10.6. The van der Waals surface area contributed by atoms with Crippen molar-refractivity contribution in [2.75, 3.05) is 57.2 Å². The number of nitrogen functional groups attached to an aromatic ring is 2. The lowest BCUT2D eigenvalue weighted by atomic mass is 10.2. The molecule has 0 unspecified atom stereocenters. The molecule has 0 aliphatic heterocycles. The van der Waals surface area contributed by atoms with Crippen LogP contribution in [0.4, 0.5) is 11.6 Å². The lowest BCUT2D eigenvalue weighted by molar-refractivity contribution is 0.0122. The molecule has 0 saturated heterocycles. The van der Waals surface area contributed by atoms with Gasteiger partial charge in [0.2, 0.25) is 0 Å². The van der Waals surface area contributed by atoms with E-state index in [1.165, 1.54) is 12.4 Å². The molecular weight excluding hydrogens is 774 g/mol. The molecule has 4 aromatic heterocycles. The summed E-state index contributed by atoms with van der Waals surface area (Å²) in [6, 6.07) is 0. The van der Waals surface area contributed by atoms with E-state index in [2.05, 4.69) is 24.9 Å². The molecule has 10 N–H and O–H groups in total. The van der Waals surface area contributed by atoms with Gasteiger partial charge in [-0.3, -0.25) is 18.7 Å². The number of rotatable bonds is 18. The van der Waals surface area contributed by atoms with Crippen LogP contribution in [-0.4, -0.2) is 104 Å². The highest BCUT2D eigenvalue weighted by Crippen LogP contribution is 2.49. The van der Waals surface area contributed by atoms with Crippen molar-refractivity contribution in [3.05, 3.63) is 35.2 Å². The molecule has 1 atom stereocenters. The zero-order valence-electron chi connectivity index (χ0n) is 33.4. The summed E-state index contributed by atoms with van der Waals surface area (Å²) in [5, 5.41) is 10.5. The van der Waals surface area contributed by atoms with Gasteiger partial charge in [-0.1, -0.05) is 0 Å². The highest BCUT2D eigenvalue weighted by molar-refractivity contribution is 7.53. The van der Waals surface area contributed by atoms with Crippen LogP contribution in [0, 0.1) is 13.8 Å². The maximum atomic E-state index is 12.5. The van der Waals surface area contributed by atoms with Crippen molar-refractivity contribution >= 4 is 60.7 Å². The third kappa shape index (κ3) is 14.2. The van der Waals surface area contributed by atoms with Crippen LogP contribution in [-0.2, 0) is 43.2 Å². The molecule has 4 aromatic rings. The molecule has 0 spiro atoms. The zero-order valence-corrected chi connectivity index (χ0v) is 35.1. The zero-order chi connectivity index (χ0) is 42.4. The second-order valence-corrected chi connectivity index (χ2v) is 16.7. The molecule has 0 aliphatic carbocycles. The Labute approximate surface area is 325 Å². The number of fused-ring (bicyclic) bond motifs is 2. The number of aromatic amines is 1. The Bertz CT molecular complexity index is 2000. The number of primary amides is 2. The number of nitrogens with two attached hydrogens (primary N) is 4. The van der Waals surface area contributed by atoms with Gasteiger partial charge >= 0.3 is 15.2 Å². The number of carbonyl (C=O) groups is 2. The minimum absolute atomic E-state index is 0.0121. The van der Waals surface area contributed by atoms with E-state index in [0.717, 1.165) is 0 Å². The molecule has 4 heterocycles. The summed E-state index contributed by atoms with van der Waals surface area (Å²) in [5.74, 6) is 0.139. The van der Waals surface area contributed by atoms with Crippen LogP contribution in [0.2, 0.25) is 0 Å². The van der Waals surface area contributed by atoms with E-state index in [0.29, 0.717) is 52.5 Å². The molecule has 56 heavy (non-hydrogen) atoms. The molecule has 0 saturated carbocycles. The number of aromatic nitrogens is 6. The Morgan fingerprint density at radius 3 is 1.75 bits per heavy atom. The van der Waals surface area contributed by atoms with Crippen LogP contribution >= 0.6 is 15.2 Å². The van der Waals surface area contributed by atoms with E-state index in [4.69, 9.17) is 50.5 Å². The number of amides is 2. The predicted octanol–water partition coefficient (Wildman–Crippen LogP) is 3.99.